The van der Waals surface area contributed by atoms with Crippen LogP contribution < -0.4 is 15.6 Å². The highest BCUT2D eigenvalue weighted by molar-refractivity contribution is 5.40. The molecule has 0 aliphatic heterocycles. The molecule has 1 aromatic carbocycles. The quantitative estimate of drug-likeness (QED) is 0.900. The molecule has 0 radical (unpaired) electrons. The first-order chi connectivity index (χ1) is 9.86. The number of nitrogens with zero attached hydrogens (tertiary/aromatic N) is 2. The summed E-state index contributed by atoms with van der Waals surface area (Å²) >= 11 is 0. The lowest BCUT2D eigenvalue weighted by Gasteiger charge is -2.21. The van der Waals surface area contributed by atoms with Crippen LogP contribution in [-0.4, -0.2) is 16.5 Å². The fourth-order valence-electron chi connectivity index (χ4n) is 2.63. The molecule has 0 amide bonds. The maximum atomic E-state index is 4.75. The van der Waals surface area contributed by atoms with Crippen LogP contribution in [0.25, 0.3) is 12.2 Å². The number of rotatable bonds is 5. The third-order valence-electron chi connectivity index (χ3n) is 3.61. The van der Waals surface area contributed by atoms with E-state index in [9.17, 15) is 0 Å². The number of imidazole rings is 1. The number of fused-ring (bicyclic) bond motifs is 1. The van der Waals surface area contributed by atoms with Gasteiger partial charge in [-0.3, -0.25) is 0 Å². The number of anilines is 1. The second-order valence-electron chi connectivity index (χ2n) is 5.25. The monoisotopic (exact) mass is 267 g/mol. The Kier molecular flexibility index (Phi) is 3.86. The molecule has 3 nitrogen and oxygen atoms in total. The van der Waals surface area contributed by atoms with E-state index < -0.39 is 0 Å². The normalized spacial score (nSPS) is 13.2. The van der Waals surface area contributed by atoms with Gasteiger partial charge in [-0.25, -0.2) is 4.98 Å². The zero-order valence-electron chi connectivity index (χ0n) is 12.0. The topological polar surface area (TPSA) is 31.9 Å². The highest BCUT2D eigenvalue weighted by atomic mass is 15.3. The van der Waals surface area contributed by atoms with Gasteiger partial charge < -0.3 is 9.88 Å². The van der Waals surface area contributed by atoms with Crippen LogP contribution in [0.1, 0.15) is 31.7 Å². The maximum absolute atomic E-state index is 4.75. The van der Waals surface area contributed by atoms with E-state index in [-0.39, 0.29) is 0 Å². The van der Waals surface area contributed by atoms with E-state index in [0.717, 1.165) is 43.6 Å². The summed E-state index contributed by atoms with van der Waals surface area (Å²) in [5.74, 6) is 0.995. The minimum absolute atomic E-state index is 0.904. The van der Waals surface area contributed by atoms with Crippen LogP contribution in [0.15, 0.2) is 30.3 Å². The Labute approximate surface area is 119 Å². The van der Waals surface area contributed by atoms with Crippen molar-refractivity contribution >= 4 is 18.1 Å². The molecule has 0 saturated carbocycles. The van der Waals surface area contributed by atoms with E-state index in [1.165, 1.54) is 10.9 Å². The third kappa shape index (κ3) is 2.77. The molecular weight excluding hydrogens is 246 g/mol. The van der Waals surface area contributed by atoms with Gasteiger partial charge in [0.1, 0.15) is 0 Å². The van der Waals surface area contributed by atoms with Gasteiger partial charge in [0.25, 0.3) is 0 Å². The average Bonchev–Trinajstić information content (AvgIpc) is 2.92. The zero-order valence-corrected chi connectivity index (χ0v) is 12.0. The first kappa shape index (κ1) is 13.0. The van der Waals surface area contributed by atoms with Gasteiger partial charge in [-0.05, 0) is 24.8 Å². The molecule has 0 spiro atoms. The molecule has 0 fully saturated rings. The summed E-state index contributed by atoms with van der Waals surface area (Å²) in [5, 5.41) is 2.29. The maximum Gasteiger partial charge on any atom is 0.204 e. The van der Waals surface area contributed by atoms with Gasteiger partial charge >= 0.3 is 0 Å². The summed E-state index contributed by atoms with van der Waals surface area (Å²) < 4.78 is 0. The number of aromatic nitrogens is 2. The van der Waals surface area contributed by atoms with E-state index in [1.807, 2.05) is 0 Å². The minimum Gasteiger partial charge on any atom is -0.338 e. The smallest absolute Gasteiger partial charge is 0.204 e. The molecule has 1 aliphatic carbocycles. The van der Waals surface area contributed by atoms with Crippen molar-refractivity contribution in [1.29, 1.82) is 0 Å². The van der Waals surface area contributed by atoms with Crippen molar-refractivity contribution in [3.63, 3.8) is 0 Å². The summed E-state index contributed by atoms with van der Waals surface area (Å²) in [6, 6.07) is 10.6. The standard InChI is InChI=1S/C17H21N3/c1-2-12-20(13-14-8-4-3-5-9-14)17-18-15-10-6-7-11-16(15)19-17/h3-5,8-11H,2,6-7,12-13H2,1H3,(H,18,19). The lowest BCUT2D eigenvalue weighted by Crippen LogP contribution is -2.26. The summed E-state index contributed by atoms with van der Waals surface area (Å²) in [7, 11) is 0. The molecular formula is C17H21N3. The van der Waals surface area contributed by atoms with Gasteiger partial charge in [-0.1, -0.05) is 49.4 Å². The molecule has 2 aromatic rings. The van der Waals surface area contributed by atoms with E-state index in [1.54, 1.807) is 0 Å². The van der Waals surface area contributed by atoms with E-state index in [0.29, 0.717) is 0 Å². The molecule has 0 saturated heterocycles. The minimum atomic E-state index is 0.904. The predicted molar refractivity (Wildman–Crippen MR) is 83.8 cm³/mol. The second-order valence-corrected chi connectivity index (χ2v) is 5.25. The molecule has 3 heteroatoms. The van der Waals surface area contributed by atoms with Gasteiger partial charge in [0, 0.05) is 13.1 Å². The van der Waals surface area contributed by atoms with Crippen molar-refractivity contribution in [3.8, 4) is 0 Å². The van der Waals surface area contributed by atoms with E-state index >= 15 is 0 Å². The molecule has 1 heterocycles. The molecule has 1 aromatic heterocycles. The number of aromatic amines is 1. The van der Waals surface area contributed by atoms with Gasteiger partial charge in [-0.15, -0.1) is 0 Å². The fraction of sp³-hybridized carbons (Fsp3) is 0.353. The number of H-pyrrole nitrogens is 1. The van der Waals surface area contributed by atoms with Crippen molar-refractivity contribution in [2.45, 2.75) is 32.7 Å². The third-order valence-corrected chi connectivity index (χ3v) is 3.61. The first-order valence-corrected chi connectivity index (χ1v) is 7.42. The number of nitrogens with one attached hydrogen (secondary N) is 1. The Morgan fingerprint density at radius 1 is 1.15 bits per heavy atom. The Hall–Kier alpha value is -2.03. The zero-order chi connectivity index (χ0) is 13.8. The van der Waals surface area contributed by atoms with Crippen molar-refractivity contribution in [3.05, 3.63) is 46.6 Å². The SMILES string of the molecule is CCCN(Cc1ccccc1)c1nc2c([nH]1)=CCCC=2. The highest BCUT2D eigenvalue weighted by Gasteiger charge is 2.10. The van der Waals surface area contributed by atoms with Crippen LogP contribution in [-0.2, 0) is 6.54 Å². The van der Waals surface area contributed by atoms with Crippen LogP contribution in [0.4, 0.5) is 5.95 Å². The van der Waals surface area contributed by atoms with Crippen molar-refractivity contribution in [1.82, 2.24) is 9.97 Å². The lowest BCUT2D eigenvalue weighted by molar-refractivity contribution is 0.744. The summed E-state index contributed by atoms with van der Waals surface area (Å²) in [5.41, 5.74) is 1.32. The number of benzene rings is 1. The first-order valence-electron chi connectivity index (χ1n) is 7.42. The van der Waals surface area contributed by atoms with Crippen molar-refractivity contribution < 1.29 is 0 Å². The van der Waals surface area contributed by atoms with Gasteiger partial charge in [0.15, 0.2) is 0 Å². The van der Waals surface area contributed by atoms with Crippen molar-refractivity contribution in [2.75, 3.05) is 11.4 Å². The summed E-state index contributed by atoms with van der Waals surface area (Å²) in [6.07, 6.45) is 7.80. The van der Waals surface area contributed by atoms with Crippen molar-refractivity contribution in [2.24, 2.45) is 0 Å². The van der Waals surface area contributed by atoms with Crippen LogP contribution in [0.2, 0.25) is 0 Å². The van der Waals surface area contributed by atoms with Crippen LogP contribution in [0.3, 0.4) is 0 Å². The summed E-state index contributed by atoms with van der Waals surface area (Å²) in [6.45, 7) is 4.13. The van der Waals surface area contributed by atoms with Crippen LogP contribution in [0.5, 0.6) is 0 Å². The van der Waals surface area contributed by atoms with E-state index in [4.69, 9.17) is 4.98 Å². The lowest BCUT2D eigenvalue weighted by atomic mass is 10.2. The second kappa shape index (κ2) is 5.95. The van der Waals surface area contributed by atoms with Crippen LogP contribution >= 0.6 is 0 Å². The highest BCUT2D eigenvalue weighted by Crippen LogP contribution is 2.11. The summed E-state index contributed by atoms with van der Waals surface area (Å²) in [4.78, 5) is 10.5. The molecule has 0 atom stereocenters. The molecule has 1 aliphatic rings. The molecule has 0 unspecified atom stereocenters. The van der Waals surface area contributed by atoms with Gasteiger partial charge in [-0.2, -0.15) is 0 Å². The Bertz CT molecular complexity index is 637. The van der Waals surface area contributed by atoms with Gasteiger partial charge in [0.05, 0.1) is 10.7 Å². The Morgan fingerprint density at radius 2 is 1.95 bits per heavy atom. The Morgan fingerprint density at radius 3 is 2.70 bits per heavy atom. The number of hydrogen-bond donors (Lipinski definition) is 1. The fourth-order valence-corrected chi connectivity index (χ4v) is 2.63. The van der Waals surface area contributed by atoms with E-state index in [2.05, 4.69) is 59.3 Å². The predicted octanol–water partition coefficient (Wildman–Crippen LogP) is 2.18. The Balaban J connectivity index is 1.89. The average molecular weight is 267 g/mol. The van der Waals surface area contributed by atoms with Gasteiger partial charge in [0.2, 0.25) is 5.95 Å². The molecule has 20 heavy (non-hydrogen) atoms. The molecule has 1 N–H and O–H groups in total. The van der Waals surface area contributed by atoms with Crippen LogP contribution in [0, 0.1) is 0 Å². The molecule has 0 bridgehead atoms. The number of hydrogen-bond acceptors (Lipinski definition) is 2. The largest absolute Gasteiger partial charge is 0.338 e. The molecule has 3 rings (SSSR count). The molecule has 104 valence electrons.